The number of likely N-dealkylation sites (N-methyl/N-ethyl adjacent to an activating group) is 1. The molecule has 0 fully saturated rings. The van der Waals surface area contributed by atoms with Crippen molar-refractivity contribution in [2.75, 3.05) is 6.54 Å². The van der Waals surface area contributed by atoms with Gasteiger partial charge in [-0.05, 0) is 19.9 Å². The fraction of sp³-hybridized carbons (Fsp3) is 0.923. The number of hydrogen-bond donors (Lipinski definition) is 2. The molecule has 3 nitrogen and oxygen atoms in total. The standard InChI is InChI=1S/C13H27NO2/c1-4-6-7-8-9-10-11-13(3,12(15)16)14-5-2/h14H,4-11H2,1-3H3,(H,15,16). The first kappa shape index (κ1) is 15.4. The van der Waals surface area contributed by atoms with Gasteiger partial charge >= 0.3 is 5.97 Å². The fourth-order valence-corrected chi connectivity index (χ4v) is 1.92. The number of hydrogen-bond acceptors (Lipinski definition) is 2. The zero-order valence-corrected chi connectivity index (χ0v) is 11.0. The zero-order chi connectivity index (χ0) is 12.4. The Morgan fingerprint density at radius 3 is 2.19 bits per heavy atom. The summed E-state index contributed by atoms with van der Waals surface area (Å²) in [6, 6.07) is 0. The third kappa shape index (κ3) is 6.11. The molecule has 1 atom stereocenters. The minimum atomic E-state index is -0.737. The van der Waals surface area contributed by atoms with Crippen molar-refractivity contribution in [1.29, 1.82) is 0 Å². The first-order chi connectivity index (χ1) is 7.56. The Bertz CT molecular complexity index is 194. The fourth-order valence-electron chi connectivity index (χ4n) is 1.92. The van der Waals surface area contributed by atoms with Crippen LogP contribution in [-0.4, -0.2) is 23.2 Å². The summed E-state index contributed by atoms with van der Waals surface area (Å²) in [7, 11) is 0. The maximum atomic E-state index is 11.1. The molecule has 0 aromatic rings. The first-order valence-corrected chi connectivity index (χ1v) is 6.55. The van der Waals surface area contributed by atoms with Gasteiger partial charge in [0.05, 0.1) is 0 Å². The number of unbranched alkanes of at least 4 members (excludes halogenated alkanes) is 5. The molecule has 1 unspecified atom stereocenters. The molecule has 0 saturated heterocycles. The number of nitrogens with one attached hydrogen (secondary N) is 1. The van der Waals surface area contributed by atoms with Gasteiger partial charge < -0.3 is 10.4 Å². The third-order valence-corrected chi connectivity index (χ3v) is 3.07. The number of aliphatic carboxylic acids is 1. The van der Waals surface area contributed by atoms with Crippen LogP contribution in [0.2, 0.25) is 0 Å². The van der Waals surface area contributed by atoms with E-state index in [9.17, 15) is 4.79 Å². The van der Waals surface area contributed by atoms with Crippen molar-refractivity contribution in [1.82, 2.24) is 5.32 Å². The second-order valence-corrected chi connectivity index (χ2v) is 4.69. The summed E-state index contributed by atoms with van der Waals surface area (Å²) in [6.45, 7) is 6.64. The van der Waals surface area contributed by atoms with Gasteiger partial charge in [-0.2, -0.15) is 0 Å². The average molecular weight is 229 g/mol. The van der Waals surface area contributed by atoms with Gasteiger partial charge in [0.2, 0.25) is 0 Å². The highest BCUT2D eigenvalue weighted by atomic mass is 16.4. The van der Waals surface area contributed by atoms with Gasteiger partial charge in [0, 0.05) is 0 Å². The SMILES string of the molecule is CCCCCCCCC(C)(NCC)C(=O)O. The molecule has 16 heavy (non-hydrogen) atoms. The van der Waals surface area contributed by atoms with Crippen LogP contribution >= 0.6 is 0 Å². The van der Waals surface area contributed by atoms with Crippen LogP contribution in [0.25, 0.3) is 0 Å². The van der Waals surface area contributed by atoms with Gasteiger partial charge in [-0.1, -0.05) is 52.4 Å². The lowest BCUT2D eigenvalue weighted by molar-refractivity contribution is -0.144. The highest BCUT2D eigenvalue weighted by Gasteiger charge is 2.30. The smallest absolute Gasteiger partial charge is 0.323 e. The van der Waals surface area contributed by atoms with E-state index in [1.807, 2.05) is 6.92 Å². The van der Waals surface area contributed by atoms with E-state index in [0.717, 1.165) is 19.3 Å². The van der Waals surface area contributed by atoms with Crippen molar-refractivity contribution >= 4 is 5.97 Å². The van der Waals surface area contributed by atoms with Gasteiger partial charge in [-0.25, -0.2) is 0 Å². The van der Waals surface area contributed by atoms with Crippen molar-refractivity contribution in [3.63, 3.8) is 0 Å². The van der Waals surface area contributed by atoms with Crippen LogP contribution in [0.3, 0.4) is 0 Å². The number of carboxylic acids is 1. The predicted molar refractivity (Wildman–Crippen MR) is 67.7 cm³/mol. The molecule has 0 aliphatic rings. The molecule has 0 amide bonds. The van der Waals surface area contributed by atoms with E-state index in [1.54, 1.807) is 6.92 Å². The van der Waals surface area contributed by atoms with Crippen LogP contribution in [0.15, 0.2) is 0 Å². The maximum Gasteiger partial charge on any atom is 0.323 e. The Balaban J connectivity index is 3.73. The maximum absolute atomic E-state index is 11.1. The summed E-state index contributed by atoms with van der Waals surface area (Å²) >= 11 is 0. The molecule has 96 valence electrons. The van der Waals surface area contributed by atoms with Crippen LogP contribution in [0.5, 0.6) is 0 Å². The molecule has 0 radical (unpaired) electrons. The Labute approximate surface area is 99.6 Å². The topological polar surface area (TPSA) is 49.3 Å². The molecule has 0 saturated carbocycles. The Morgan fingerprint density at radius 1 is 1.12 bits per heavy atom. The Hall–Kier alpha value is -0.570. The lowest BCUT2D eigenvalue weighted by Crippen LogP contribution is -2.49. The van der Waals surface area contributed by atoms with E-state index in [1.165, 1.54) is 25.7 Å². The molecular weight excluding hydrogens is 202 g/mol. The molecule has 0 heterocycles. The van der Waals surface area contributed by atoms with Gasteiger partial charge in [-0.3, -0.25) is 4.79 Å². The lowest BCUT2D eigenvalue weighted by atomic mass is 9.94. The van der Waals surface area contributed by atoms with E-state index < -0.39 is 11.5 Å². The van der Waals surface area contributed by atoms with Crippen molar-refractivity contribution in [3.8, 4) is 0 Å². The minimum absolute atomic E-state index is 0.707. The molecule has 2 N–H and O–H groups in total. The summed E-state index contributed by atoms with van der Waals surface area (Å²) < 4.78 is 0. The van der Waals surface area contributed by atoms with Gasteiger partial charge in [0.1, 0.15) is 5.54 Å². The lowest BCUT2D eigenvalue weighted by Gasteiger charge is -2.25. The van der Waals surface area contributed by atoms with Crippen LogP contribution in [0.4, 0.5) is 0 Å². The van der Waals surface area contributed by atoms with E-state index in [0.29, 0.717) is 6.54 Å². The summed E-state index contributed by atoms with van der Waals surface area (Å²) in [5.74, 6) is -0.733. The average Bonchev–Trinajstić information content (AvgIpc) is 2.23. The second kappa shape index (κ2) is 8.57. The largest absolute Gasteiger partial charge is 0.480 e. The molecule has 0 aliphatic heterocycles. The Morgan fingerprint density at radius 2 is 1.69 bits per heavy atom. The molecule has 0 aromatic heterocycles. The molecule has 0 rings (SSSR count). The predicted octanol–water partition coefficient (Wildman–Crippen LogP) is 3.19. The molecule has 0 aliphatic carbocycles. The van der Waals surface area contributed by atoms with E-state index in [4.69, 9.17) is 5.11 Å². The molecule has 3 heteroatoms. The van der Waals surface area contributed by atoms with Crippen molar-refractivity contribution in [3.05, 3.63) is 0 Å². The van der Waals surface area contributed by atoms with Gasteiger partial charge in [-0.15, -0.1) is 0 Å². The first-order valence-electron chi connectivity index (χ1n) is 6.55. The summed E-state index contributed by atoms with van der Waals surface area (Å²) in [6.07, 6.45) is 7.93. The van der Waals surface area contributed by atoms with Crippen molar-refractivity contribution in [2.45, 2.75) is 71.3 Å². The molecule has 0 aromatic carbocycles. The van der Waals surface area contributed by atoms with Crippen LogP contribution in [-0.2, 0) is 4.79 Å². The van der Waals surface area contributed by atoms with Crippen molar-refractivity contribution in [2.24, 2.45) is 0 Å². The zero-order valence-electron chi connectivity index (χ0n) is 11.0. The van der Waals surface area contributed by atoms with Crippen LogP contribution in [0, 0.1) is 0 Å². The van der Waals surface area contributed by atoms with E-state index in [-0.39, 0.29) is 0 Å². The van der Waals surface area contributed by atoms with Crippen LogP contribution in [0.1, 0.15) is 65.7 Å². The van der Waals surface area contributed by atoms with E-state index in [2.05, 4.69) is 12.2 Å². The second-order valence-electron chi connectivity index (χ2n) is 4.69. The van der Waals surface area contributed by atoms with E-state index >= 15 is 0 Å². The number of carbonyl (C=O) groups is 1. The highest BCUT2D eigenvalue weighted by molar-refractivity contribution is 5.78. The van der Waals surface area contributed by atoms with Crippen molar-refractivity contribution < 1.29 is 9.90 Å². The molecule has 0 spiro atoms. The van der Waals surface area contributed by atoms with Gasteiger partial charge in [0.25, 0.3) is 0 Å². The monoisotopic (exact) mass is 229 g/mol. The highest BCUT2D eigenvalue weighted by Crippen LogP contribution is 2.16. The quantitative estimate of drug-likeness (QED) is 0.566. The Kier molecular flexibility index (Phi) is 8.26. The van der Waals surface area contributed by atoms with Gasteiger partial charge in [0.15, 0.2) is 0 Å². The summed E-state index contributed by atoms with van der Waals surface area (Å²) in [5.41, 5.74) is -0.737. The van der Waals surface area contributed by atoms with Crippen LogP contribution < -0.4 is 5.32 Å². The molecular formula is C13H27NO2. The summed E-state index contributed by atoms with van der Waals surface area (Å²) in [5, 5.41) is 12.2. The summed E-state index contributed by atoms with van der Waals surface area (Å²) in [4.78, 5) is 11.1. The molecule has 0 bridgehead atoms. The normalized spacial score (nSPS) is 14.7. The number of rotatable bonds is 10. The minimum Gasteiger partial charge on any atom is -0.480 e. The third-order valence-electron chi connectivity index (χ3n) is 3.07. The number of carboxylic acid groups (broad SMARTS) is 1.